The number of nitrogens with zero attached hydrogens (tertiary/aromatic N) is 1. The Kier molecular flexibility index (Phi) is 13.3. The summed E-state index contributed by atoms with van der Waals surface area (Å²) in [6.45, 7) is 4.60. The Morgan fingerprint density at radius 3 is 2.45 bits per heavy atom. The fourth-order valence-corrected chi connectivity index (χ4v) is 2.18. The summed E-state index contributed by atoms with van der Waals surface area (Å²) in [4.78, 5) is 4.26. The van der Waals surface area contributed by atoms with E-state index in [4.69, 9.17) is 4.74 Å². The van der Waals surface area contributed by atoms with E-state index in [1.165, 1.54) is 36.8 Å². The van der Waals surface area contributed by atoms with E-state index in [0.29, 0.717) is 6.61 Å². The summed E-state index contributed by atoms with van der Waals surface area (Å²) in [7, 11) is 3.53. The molecule has 1 aromatic carbocycles. The Bertz CT molecular complexity index is 424. The normalized spacial score (nSPS) is 11.0. The third-order valence-electron chi connectivity index (χ3n) is 3.41. The van der Waals surface area contributed by atoms with Gasteiger partial charge in [0, 0.05) is 27.2 Å². The highest BCUT2D eigenvalue weighted by molar-refractivity contribution is 14.0. The molecule has 0 radical (unpaired) electrons. The number of halogens is 1. The summed E-state index contributed by atoms with van der Waals surface area (Å²) in [5, 5.41) is 6.72. The van der Waals surface area contributed by atoms with Crippen LogP contribution in [0.15, 0.2) is 29.3 Å². The molecule has 0 heterocycles. The van der Waals surface area contributed by atoms with Crippen LogP contribution >= 0.6 is 24.0 Å². The monoisotopic (exact) mass is 419 g/mol. The van der Waals surface area contributed by atoms with Gasteiger partial charge in [0.1, 0.15) is 0 Å². The first kappa shape index (κ1) is 21.2. The first-order valence-electron chi connectivity index (χ1n) is 7.82. The minimum Gasteiger partial charge on any atom is -0.380 e. The lowest BCUT2D eigenvalue weighted by molar-refractivity contribution is 0.184. The van der Waals surface area contributed by atoms with Gasteiger partial charge >= 0.3 is 0 Å². The van der Waals surface area contributed by atoms with E-state index >= 15 is 0 Å². The first-order chi connectivity index (χ1) is 10.3. The minimum atomic E-state index is 0. The fraction of sp³-hybridized carbons (Fsp3) is 0.588. The van der Waals surface area contributed by atoms with Crippen molar-refractivity contribution in [2.24, 2.45) is 4.99 Å². The van der Waals surface area contributed by atoms with Crippen LogP contribution in [0.3, 0.4) is 0 Å². The number of nitrogens with one attached hydrogen (secondary N) is 2. The SMILES string of the molecule is CCCCCCNC(=NC)NCc1ccccc1COC.I. The summed E-state index contributed by atoms with van der Waals surface area (Å²) in [6, 6.07) is 8.31. The number of hydrogen-bond donors (Lipinski definition) is 2. The van der Waals surface area contributed by atoms with Crippen LogP contribution in [0.1, 0.15) is 43.7 Å². The zero-order chi connectivity index (χ0) is 15.3. The van der Waals surface area contributed by atoms with Gasteiger partial charge in [-0.05, 0) is 17.5 Å². The van der Waals surface area contributed by atoms with Gasteiger partial charge in [-0.3, -0.25) is 4.99 Å². The van der Waals surface area contributed by atoms with Crippen LogP contribution < -0.4 is 10.6 Å². The molecule has 0 aliphatic heterocycles. The molecule has 22 heavy (non-hydrogen) atoms. The van der Waals surface area contributed by atoms with Crippen molar-refractivity contribution in [3.05, 3.63) is 35.4 Å². The van der Waals surface area contributed by atoms with Crippen molar-refractivity contribution < 1.29 is 4.74 Å². The molecule has 126 valence electrons. The Hall–Kier alpha value is -0.820. The third-order valence-corrected chi connectivity index (χ3v) is 3.41. The second-order valence-corrected chi connectivity index (χ2v) is 5.11. The quantitative estimate of drug-likeness (QED) is 0.278. The Labute approximate surface area is 152 Å². The molecule has 0 fully saturated rings. The maximum absolute atomic E-state index is 5.23. The highest BCUT2D eigenvalue weighted by atomic mass is 127. The zero-order valence-electron chi connectivity index (χ0n) is 14.0. The molecule has 0 bridgehead atoms. The van der Waals surface area contributed by atoms with E-state index in [0.717, 1.165) is 19.0 Å². The van der Waals surface area contributed by atoms with E-state index in [1.807, 2.05) is 13.1 Å². The molecule has 0 spiro atoms. The van der Waals surface area contributed by atoms with Gasteiger partial charge in [0.05, 0.1) is 6.61 Å². The number of benzene rings is 1. The minimum absolute atomic E-state index is 0. The van der Waals surface area contributed by atoms with Crippen molar-refractivity contribution in [3.63, 3.8) is 0 Å². The molecule has 0 unspecified atom stereocenters. The lowest BCUT2D eigenvalue weighted by atomic mass is 10.1. The first-order valence-corrected chi connectivity index (χ1v) is 7.82. The second-order valence-electron chi connectivity index (χ2n) is 5.11. The van der Waals surface area contributed by atoms with Crippen molar-refractivity contribution >= 4 is 29.9 Å². The van der Waals surface area contributed by atoms with Crippen molar-refractivity contribution in [3.8, 4) is 0 Å². The summed E-state index contributed by atoms with van der Waals surface area (Å²) in [6.07, 6.45) is 5.04. The molecule has 0 aromatic heterocycles. The number of aliphatic imine (C=N–C) groups is 1. The van der Waals surface area contributed by atoms with Crippen molar-refractivity contribution in [1.82, 2.24) is 10.6 Å². The fourth-order valence-electron chi connectivity index (χ4n) is 2.18. The average molecular weight is 419 g/mol. The Balaban J connectivity index is 0.00000441. The van der Waals surface area contributed by atoms with Gasteiger partial charge in [-0.15, -0.1) is 24.0 Å². The molecule has 0 atom stereocenters. The smallest absolute Gasteiger partial charge is 0.191 e. The number of ether oxygens (including phenoxy) is 1. The molecule has 4 nitrogen and oxygen atoms in total. The zero-order valence-corrected chi connectivity index (χ0v) is 16.4. The Morgan fingerprint density at radius 2 is 1.82 bits per heavy atom. The summed E-state index contributed by atoms with van der Waals surface area (Å²) >= 11 is 0. The molecule has 2 N–H and O–H groups in total. The van der Waals surface area contributed by atoms with Crippen molar-refractivity contribution in [2.75, 3.05) is 20.7 Å². The molecule has 1 aromatic rings. The molecule has 0 saturated heterocycles. The molecule has 0 aliphatic carbocycles. The second kappa shape index (κ2) is 13.8. The maximum Gasteiger partial charge on any atom is 0.191 e. The number of hydrogen-bond acceptors (Lipinski definition) is 2. The highest BCUT2D eigenvalue weighted by Gasteiger charge is 2.03. The van der Waals surface area contributed by atoms with E-state index < -0.39 is 0 Å². The molecular formula is C17H30IN3O. The van der Waals surface area contributed by atoms with Crippen LogP contribution in [-0.2, 0) is 17.9 Å². The van der Waals surface area contributed by atoms with E-state index in [9.17, 15) is 0 Å². The van der Waals surface area contributed by atoms with Gasteiger partial charge < -0.3 is 15.4 Å². The van der Waals surface area contributed by atoms with Crippen molar-refractivity contribution in [1.29, 1.82) is 0 Å². The van der Waals surface area contributed by atoms with E-state index in [-0.39, 0.29) is 24.0 Å². The molecule has 0 saturated carbocycles. The van der Waals surface area contributed by atoms with Crippen molar-refractivity contribution in [2.45, 2.75) is 45.8 Å². The molecule has 1 rings (SSSR count). The van der Waals surface area contributed by atoms with Crippen LogP contribution in [0.2, 0.25) is 0 Å². The van der Waals surface area contributed by atoms with Crippen LogP contribution in [0, 0.1) is 0 Å². The molecule has 5 heteroatoms. The van der Waals surface area contributed by atoms with Crippen LogP contribution in [0.5, 0.6) is 0 Å². The standard InChI is InChI=1S/C17H29N3O.HI/c1-4-5-6-9-12-19-17(18-2)20-13-15-10-7-8-11-16(15)14-21-3;/h7-8,10-11H,4-6,9,12-14H2,1-3H3,(H2,18,19,20);1H. The summed E-state index contributed by atoms with van der Waals surface area (Å²) in [5.74, 6) is 0.860. The van der Waals surface area contributed by atoms with Crippen LogP contribution in [0.25, 0.3) is 0 Å². The van der Waals surface area contributed by atoms with Crippen LogP contribution in [-0.4, -0.2) is 26.7 Å². The van der Waals surface area contributed by atoms with E-state index in [2.05, 4.69) is 40.7 Å². The number of methoxy groups -OCH3 is 1. The summed E-state index contributed by atoms with van der Waals surface area (Å²) < 4.78 is 5.23. The molecular weight excluding hydrogens is 389 g/mol. The predicted octanol–water partition coefficient (Wildman–Crippen LogP) is 3.70. The maximum atomic E-state index is 5.23. The van der Waals surface area contributed by atoms with E-state index in [1.54, 1.807) is 7.11 Å². The van der Waals surface area contributed by atoms with Gasteiger partial charge in [0.25, 0.3) is 0 Å². The van der Waals surface area contributed by atoms with Gasteiger partial charge in [0.2, 0.25) is 0 Å². The number of rotatable bonds is 9. The van der Waals surface area contributed by atoms with Gasteiger partial charge in [-0.25, -0.2) is 0 Å². The lowest BCUT2D eigenvalue weighted by Crippen LogP contribution is -2.37. The largest absolute Gasteiger partial charge is 0.380 e. The molecule has 0 aliphatic rings. The number of unbranched alkanes of at least 4 members (excludes halogenated alkanes) is 3. The average Bonchev–Trinajstić information content (AvgIpc) is 2.51. The summed E-state index contributed by atoms with van der Waals surface area (Å²) in [5.41, 5.74) is 2.46. The lowest BCUT2D eigenvalue weighted by Gasteiger charge is -2.14. The third kappa shape index (κ3) is 8.58. The highest BCUT2D eigenvalue weighted by Crippen LogP contribution is 2.09. The van der Waals surface area contributed by atoms with Crippen LogP contribution in [0.4, 0.5) is 0 Å². The molecule has 0 amide bonds. The predicted molar refractivity (Wildman–Crippen MR) is 105 cm³/mol. The van der Waals surface area contributed by atoms with Gasteiger partial charge in [-0.2, -0.15) is 0 Å². The number of guanidine groups is 1. The van der Waals surface area contributed by atoms with Gasteiger partial charge in [-0.1, -0.05) is 50.5 Å². The van der Waals surface area contributed by atoms with Gasteiger partial charge in [0.15, 0.2) is 5.96 Å². The Morgan fingerprint density at radius 1 is 1.09 bits per heavy atom. The topological polar surface area (TPSA) is 45.7 Å².